The van der Waals surface area contributed by atoms with E-state index in [1.165, 1.54) is 29.2 Å². The van der Waals surface area contributed by atoms with Gasteiger partial charge in [-0.15, -0.1) is 0 Å². The molecule has 0 aliphatic carbocycles. The summed E-state index contributed by atoms with van der Waals surface area (Å²) in [6.45, 7) is 2.30. The van der Waals surface area contributed by atoms with Crippen LogP contribution in [0.3, 0.4) is 0 Å². The molecule has 0 radical (unpaired) electrons. The summed E-state index contributed by atoms with van der Waals surface area (Å²) in [5.41, 5.74) is 9.72. The average Bonchev–Trinajstić information content (AvgIpc) is 3.00. The van der Waals surface area contributed by atoms with Crippen molar-refractivity contribution >= 4 is 39.6 Å². The molecule has 4 aromatic carbocycles. The number of carbonyl (C=O) groups is 2. The Bertz CT molecular complexity index is 1500. The van der Waals surface area contributed by atoms with E-state index >= 15 is 0 Å². The highest BCUT2D eigenvalue weighted by Crippen LogP contribution is 2.36. The Morgan fingerprint density at radius 2 is 1.64 bits per heavy atom. The maximum atomic E-state index is 13.6. The largest absolute Gasteiger partial charge is 0.318 e. The number of para-hydroxylation sites is 2. The molecule has 0 saturated heterocycles. The van der Waals surface area contributed by atoms with Crippen molar-refractivity contribution in [3.05, 3.63) is 112 Å². The van der Waals surface area contributed by atoms with E-state index in [1.54, 1.807) is 17.0 Å². The van der Waals surface area contributed by atoms with Gasteiger partial charge < -0.3 is 15.5 Å². The highest BCUT2D eigenvalue weighted by molar-refractivity contribution is 6.12. The number of non-ortho nitro benzene ring substituents is 1. The van der Waals surface area contributed by atoms with E-state index in [-0.39, 0.29) is 29.6 Å². The van der Waals surface area contributed by atoms with Gasteiger partial charge in [-0.05, 0) is 53.1 Å². The number of nitro benzene ring substituents is 1. The minimum Gasteiger partial charge on any atom is -0.318 e. The first-order valence-electron chi connectivity index (χ1n) is 11.5. The molecular formula is C28H24N4O4. The molecule has 0 unspecified atom stereocenters. The zero-order valence-corrected chi connectivity index (χ0v) is 19.6. The quantitative estimate of drug-likeness (QED) is 0.340. The van der Waals surface area contributed by atoms with Crippen LogP contribution in [0.15, 0.2) is 84.9 Å². The van der Waals surface area contributed by atoms with Crippen LogP contribution in [0.2, 0.25) is 0 Å². The van der Waals surface area contributed by atoms with Gasteiger partial charge in [-0.3, -0.25) is 19.7 Å². The summed E-state index contributed by atoms with van der Waals surface area (Å²) in [7, 11) is 0. The molecule has 0 bridgehead atoms. The minimum absolute atomic E-state index is 0.0172. The Hall–Kier alpha value is -4.56. The van der Waals surface area contributed by atoms with Gasteiger partial charge in [-0.25, -0.2) is 0 Å². The Morgan fingerprint density at radius 1 is 0.972 bits per heavy atom. The Balaban J connectivity index is 1.58. The molecule has 8 nitrogen and oxygen atoms in total. The molecular weight excluding hydrogens is 456 g/mol. The molecule has 1 aliphatic rings. The fourth-order valence-electron chi connectivity index (χ4n) is 4.66. The number of aryl methyl sites for hydroxylation is 1. The number of rotatable bonds is 4. The van der Waals surface area contributed by atoms with Gasteiger partial charge in [0.1, 0.15) is 6.04 Å². The first-order valence-corrected chi connectivity index (χ1v) is 11.5. The predicted molar refractivity (Wildman–Crippen MR) is 139 cm³/mol. The van der Waals surface area contributed by atoms with Crippen molar-refractivity contribution < 1.29 is 14.5 Å². The van der Waals surface area contributed by atoms with E-state index in [0.717, 1.165) is 21.9 Å². The van der Waals surface area contributed by atoms with Gasteiger partial charge in [0, 0.05) is 17.7 Å². The number of anilines is 2. The molecule has 0 spiro atoms. The normalized spacial score (nSPS) is 15.5. The summed E-state index contributed by atoms with van der Waals surface area (Å²) in [6.07, 6.45) is 0. The van der Waals surface area contributed by atoms with Crippen LogP contribution in [-0.2, 0) is 11.3 Å². The Morgan fingerprint density at radius 3 is 2.36 bits per heavy atom. The lowest BCUT2D eigenvalue weighted by molar-refractivity contribution is -0.384. The zero-order chi connectivity index (χ0) is 25.4. The highest BCUT2D eigenvalue weighted by Gasteiger charge is 2.35. The molecule has 1 aliphatic heterocycles. The molecule has 2 N–H and O–H groups in total. The fourth-order valence-corrected chi connectivity index (χ4v) is 4.66. The van der Waals surface area contributed by atoms with Gasteiger partial charge in [-0.1, -0.05) is 48.5 Å². The molecule has 1 heterocycles. The summed E-state index contributed by atoms with van der Waals surface area (Å²) in [5.74, 6) is -0.669. The lowest BCUT2D eigenvalue weighted by Crippen LogP contribution is -2.48. The standard InChI is InChI=1S/C28H24N4O4/c1-18-10-11-19-6-2-3-7-22(19)23(18)16-30-25-8-4-5-9-26(25)31(17-24(29)28(30)34)27(33)20-12-14-21(15-13-20)32(35)36/h2-15,24H,16-17,29H2,1H3/t24-/m0/s1. The van der Waals surface area contributed by atoms with Crippen molar-refractivity contribution in [3.8, 4) is 0 Å². The molecule has 36 heavy (non-hydrogen) atoms. The molecule has 4 aromatic rings. The van der Waals surface area contributed by atoms with Crippen LogP contribution in [-0.4, -0.2) is 29.3 Å². The number of hydrogen-bond acceptors (Lipinski definition) is 5. The van der Waals surface area contributed by atoms with Crippen LogP contribution >= 0.6 is 0 Å². The van der Waals surface area contributed by atoms with E-state index in [1.807, 2.05) is 49.4 Å². The van der Waals surface area contributed by atoms with Gasteiger partial charge in [0.25, 0.3) is 11.6 Å². The fraction of sp³-hybridized carbons (Fsp3) is 0.143. The van der Waals surface area contributed by atoms with E-state index in [4.69, 9.17) is 5.73 Å². The molecule has 0 fully saturated rings. The number of carbonyl (C=O) groups excluding carboxylic acids is 2. The number of nitro groups is 1. The van der Waals surface area contributed by atoms with Crippen molar-refractivity contribution in [1.29, 1.82) is 0 Å². The minimum atomic E-state index is -0.949. The predicted octanol–water partition coefficient (Wildman–Crippen LogP) is 4.58. The van der Waals surface area contributed by atoms with Crippen molar-refractivity contribution in [1.82, 2.24) is 0 Å². The maximum Gasteiger partial charge on any atom is 0.269 e. The number of benzene rings is 4. The maximum absolute atomic E-state index is 13.6. The van der Waals surface area contributed by atoms with Crippen LogP contribution in [0.4, 0.5) is 17.1 Å². The lowest BCUT2D eigenvalue weighted by Gasteiger charge is -2.26. The Kier molecular flexibility index (Phi) is 5.95. The van der Waals surface area contributed by atoms with Gasteiger partial charge in [0.15, 0.2) is 0 Å². The van der Waals surface area contributed by atoms with E-state index in [9.17, 15) is 19.7 Å². The summed E-state index contributed by atoms with van der Waals surface area (Å²) >= 11 is 0. The second-order valence-electron chi connectivity index (χ2n) is 8.82. The summed E-state index contributed by atoms with van der Waals surface area (Å²) < 4.78 is 0. The number of nitrogens with two attached hydrogens (primary N) is 1. The summed E-state index contributed by atoms with van der Waals surface area (Å²) in [5, 5.41) is 13.1. The van der Waals surface area contributed by atoms with Crippen LogP contribution in [0, 0.1) is 17.0 Å². The number of hydrogen-bond donors (Lipinski definition) is 1. The topological polar surface area (TPSA) is 110 Å². The molecule has 0 saturated carbocycles. The molecule has 0 aromatic heterocycles. The molecule has 1 atom stereocenters. The molecule has 5 rings (SSSR count). The van der Waals surface area contributed by atoms with Crippen LogP contribution in [0.1, 0.15) is 21.5 Å². The molecule has 8 heteroatoms. The van der Waals surface area contributed by atoms with Gasteiger partial charge in [-0.2, -0.15) is 0 Å². The second kappa shape index (κ2) is 9.24. The molecule has 180 valence electrons. The van der Waals surface area contributed by atoms with E-state index in [2.05, 4.69) is 6.07 Å². The van der Waals surface area contributed by atoms with Crippen molar-refractivity contribution in [3.63, 3.8) is 0 Å². The monoisotopic (exact) mass is 480 g/mol. The highest BCUT2D eigenvalue weighted by atomic mass is 16.6. The second-order valence-corrected chi connectivity index (χ2v) is 8.82. The SMILES string of the molecule is Cc1ccc2ccccc2c1CN1C(=O)[C@@H](N)CN(C(=O)c2ccc([N+](=O)[O-])cc2)c2ccccc21. The zero-order valence-electron chi connectivity index (χ0n) is 19.6. The van der Waals surface area contributed by atoms with Crippen molar-refractivity contribution in [2.75, 3.05) is 16.3 Å². The first-order chi connectivity index (χ1) is 17.3. The van der Waals surface area contributed by atoms with Crippen molar-refractivity contribution in [2.24, 2.45) is 5.73 Å². The third kappa shape index (κ3) is 4.08. The van der Waals surface area contributed by atoms with Crippen LogP contribution in [0.25, 0.3) is 10.8 Å². The third-order valence-electron chi connectivity index (χ3n) is 6.59. The van der Waals surface area contributed by atoms with Crippen molar-refractivity contribution in [2.45, 2.75) is 19.5 Å². The average molecular weight is 481 g/mol. The summed E-state index contributed by atoms with van der Waals surface area (Å²) in [6, 6.07) is 23.8. The Labute approximate surface area is 207 Å². The van der Waals surface area contributed by atoms with Gasteiger partial charge in [0.05, 0.1) is 29.4 Å². The smallest absolute Gasteiger partial charge is 0.269 e. The van der Waals surface area contributed by atoms with Gasteiger partial charge >= 0.3 is 0 Å². The van der Waals surface area contributed by atoms with Crippen LogP contribution < -0.4 is 15.5 Å². The number of nitrogens with zero attached hydrogens (tertiary/aromatic N) is 3. The van der Waals surface area contributed by atoms with Crippen LogP contribution in [0.5, 0.6) is 0 Å². The van der Waals surface area contributed by atoms with E-state index < -0.39 is 11.0 Å². The summed E-state index contributed by atoms with van der Waals surface area (Å²) in [4.78, 5) is 40.7. The molecule has 2 amide bonds. The van der Waals surface area contributed by atoms with E-state index in [0.29, 0.717) is 17.9 Å². The first kappa shape index (κ1) is 23.2. The van der Waals surface area contributed by atoms with Gasteiger partial charge in [0.2, 0.25) is 5.91 Å². The number of amides is 2. The number of fused-ring (bicyclic) bond motifs is 2. The third-order valence-corrected chi connectivity index (χ3v) is 6.59. The lowest BCUT2D eigenvalue weighted by atomic mass is 9.99.